The fraction of sp³-hybridized carbons (Fsp3) is 0.300. The number of nitrogens with zero attached hydrogens (tertiary/aromatic N) is 1. The van der Waals surface area contributed by atoms with Gasteiger partial charge in [0, 0.05) is 19.6 Å². The molecule has 0 unspecified atom stereocenters. The maximum atomic E-state index is 2.53. The molecule has 0 aromatic heterocycles. The lowest BCUT2D eigenvalue weighted by molar-refractivity contribution is 0.284. The molecule has 2 aromatic rings. The molecular weight excluding hydrogens is 254 g/mol. The minimum Gasteiger partial charge on any atom is -0.295 e. The fourth-order valence-electron chi connectivity index (χ4n) is 2.92. The first-order valence-corrected chi connectivity index (χ1v) is 7.88. The lowest BCUT2D eigenvalue weighted by Gasteiger charge is -2.26. The zero-order valence-corrected chi connectivity index (χ0v) is 12.5. The van der Waals surface area contributed by atoms with E-state index < -0.39 is 0 Å². The molecule has 0 radical (unpaired) electrons. The van der Waals surface area contributed by atoms with Crippen LogP contribution in [0.4, 0.5) is 0 Å². The molecule has 0 saturated heterocycles. The normalized spacial score (nSPS) is 15.7. The van der Waals surface area contributed by atoms with Crippen molar-refractivity contribution < 1.29 is 0 Å². The van der Waals surface area contributed by atoms with Gasteiger partial charge in [-0.3, -0.25) is 4.90 Å². The van der Waals surface area contributed by atoms with E-state index in [-0.39, 0.29) is 0 Å². The van der Waals surface area contributed by atoms with Crippen LogP contribution in [-0.2, 0) is 13.0 Å². The summed E-state index contributed by atoms with van der Waals surface area (Å²) in [6.07, 6.45) is 6.05. The average Bonchev–Trinajstić information content (AvgIpc) is 2.56. The second-order valence-electron chi connectivity index (χ2n) is 5.82. The van der Waals surface area contributed by atoms with Gasteiger partial charge in [0.05, 0.1) is 0 Å². The van der Waals surface area contributed by atoms with Crippen molar-refractivity contribution in [2.45, 2.75) is 25.8 Å². The highest BCUT2D eigenvalue weighted by molar-refractivity contribution is 5.18. The molecule has 1 nitrogen and oxygen atoms in total. The third-order valence-corrected chi connectivity index (χ3v) is 4.21. The van der Waals surface area contributed by atoms with E-state index in [1.807, 2.05) is 0 Å². The van der Waals surface area contributed by atoms with Crippen molar-refractivity contribution in [3.05, 3.63) is 83.4 Å². The third-order valence-electron chi connectivity index (χ3n) is 4.21. The maximum Gasteiger partial charge on any atom is 0.0237 e. The van der Waals surface area contributed by atoms with Gasteiger partial charge in [-0.05, 0) is 30.4 Å². The summed E-state index contributed by atoms with van der Waals surface area (Å²) in [7, 11) is 0. The van der Waals surface area contributed by atoms with Crippen molar-refractivity contribution in [1.82, 2.24) is 4.90 Å². The minimum atomic E-state index is 1.07. The van der Waals surface area contributed by atoms with E-state index in [0.29, 0.717) is 0 Å². The van der Waals surface area contributed by atoms with Gasteiger partial charge in [-0.25, -0.2) is 0 Å². The molecule has 1 aliphatic rings. The van der Waals surface area contributed by atoms with E-state index in [0.717, 1.165) is 13.1 Å². The Hall–Kier alpha value is -1.86. The molecule has 1 aliphatic heterocycles. The summed E-state index contributed by atoms with van der Waals surface area (Å²) in [6, 6.07) is 21.6. The van der Waals surface area contributed by atoms with E-state index in [1.165, 1.54) is 36.9 Å². The van der Waals surface area contributed by atoms with Gasteiger partial charge < -0.3 is 0 Å². The van der Waals surface area contributed by atoms with Crippen molar-refractivity contribution >= 4 is 0 Å². The van der Waals surface area contributed by atoms with Crippen LogP contribution in [0.2, 0.25) is 0 Å². The van der Waals surface area contributed by atoms with Gasteiger partial charge in [-0.2, -0.15) is 0 Å². The molecule has 3 rings (SSSR count). The van der Waals surface area contributed by atoms with E-state index >= 15 is 0 Å². The molecule has 1 heteroatoms. The molecule has 0 amide bonds. The monoisotopic (exact) mass is 277 g/mol. The lowest BCUT2D eigenvalue weighted by atomic mass is 9.99. The number of benzene rings is 2. The standard InChI is InChI=1S/C20H23N/c1-3-7-18(8-4-1)11-12-19-13-15-21(16-14-19)17-20-9-5-2-6-10-20/h1-10,13H,11-12,14-17H2. The molecule has 0 N–H and O–H groups in total. The van der Waals surface area contributed by atoms with Gasteiger partial charge in [0.2, 0.25) is 0 Å². The lowest BCUT2D eigenvalue weighted by Crippen LogP contribution is -2.28. The Morgan fingerprint density at radius 2 is 1.43 bits per heavy atom. The molecule has 2 aromatic carbocycles. The third kappa shape index (κ3) is 4.30. The highest BCUT2D eigenvalue weighted by atomic mass is 15.1. The van der Waals surface area contributed by atoms with E-state index in [4.69, 9.17) is 0 Å². The van der Waals surface area contributed by atoms with Crippen LogP contribution in [0, 0.1) is 0 Å². The molecule has 1 heterocycles. The topological polar surface area (TPSA) is 3.24 Å². The van der Waals surface area contributed by atoms with Crippen LogP contribution in [0.3, 0.4) is 0 Å². The Morgan fingerprint density at radius 1 is 0.762 bits per heavy atom. The smallest absolute Gasteiger partial charge is 0.0237 e. The minimum absolute atomic E-state index is 1.07. The quantitative estimate of drug-likeness (QED) is 0.730. The van der Waals surface area contributed by atoms with Crippen LogP contribution < -0.4 is 0 Å². The Bertz CT molecular complexity index is 571. The summed E-state index contributed by atoms with van der Waals surface area (Å²) in [5, 5.41) is 0. The Morgan fingerprint density at radius 3 is 2.05 bits per heavy atom. The second-order valence-corrected chi connectivity index (χ2v) is 5.82. The highest BCUT2D eigenvalue weighted by Crippen LogP contribution is 2.18. The predicted molar refractivity (Wildman–Crippen MR) is 89.2 cm³/mol. The van der Waals surface area contributed by atoms with Gasteiger partial charge >= 0.3 is 0 Å². The second kappa shape index (κ2) is 7.24. The van der Waals surface area contributed by atoms with Crippen molar-refractivity contribution in [1.29, 1.82) is 0 Å². The molecule has 108 valence electrons. The molecule has 21 heavy (non-hydrogen) atoms. The first-order valence-electron chi connectivity index (χ1n) is 7.88. The maximum absolute atomic E-state index is 2.53. The molecule has 0 saturated carbocycles. The van der Waals surface area contributed by atoms with Crippen molar-refractivity contribution in [2.75, 3.05) is 13.1 Å². The number of rotatable bonds is 5. The summed E-state index contributed by atoms with van der Waals surface area (Å²) in [4.78, 5) is 2.53. The number of aryl methyl sites for hydroxylation is 1. The summed E-state index contributed by atoms with van der Waals surface area (Å²) < 4.78 is 0. The van der Waals surface area contributed by atoms with E-state index in [2.05, 4.69) is 71.6 Å². The van der Waals surface area contributed by atoms with Crippen LogP contribution in [0.25, 0.3) is 0 Å². The Kier molecular flexibility index (Phi) is 4.86. The summed E-state index contributed by atoms with van der Waals surface area (Å²) in [5.41, 5.74) is 4.49. The first-order chi connectivity index (χ1) is 10.4. The predicted octanol–water partition coefficient (Wildman–Crippen LogP) is 4.45. The average molecular weight is 277 g/mol. The van der Waals surface area contributed by atoms with Gasteiger partial charge in [-0.15, -0.1) is 0 Å². The van der Waals surface area contributed by atoms with Crippen LogP contribution in [0.5, 0.6) is 0 Å². The van der Waals surface area contributed by atoms with Gasteiger partial charge in [0.25, 0.3) is 0 Å². The van der Waals surface area contributed by atoms with Gasteiger partial charge in [0.1, 0.15) is 0 Å². The van der Waals surface area contributed by atoms with Crippen LogP contribution in [0.1, 0.15) is 24.0 Å². The van der Waals surface area contributed by atoms with Crippen LogP contribution >= 0.6 is 0 Å². The van der Waals surface area contributed by atoms with Crippen molar-refractivity contribution in [3.8, 4) is 0 Å². The molecular formula is C20H23N. The van der Waals surface area contributed by atoms with Crippen LogP contribution in [-0.4, -0.2) is 18.0 Å². The highest BCUT2D eigenvalue weighted by Gasteiger charge is 2.11. The molecule has 0 spiro atoms. The van der Waals surface area contributed by atoms with Crippen molar-refractivity contribution in [3.63, 3.8) is 0 Å². The van der Waals surface area contributed by atoms with E-state index in [1.54, 1.807) is 5.57 Å². The first kappa shape index (κ1) is 14.1. The number of hydrogen-bond acceptors (Lipinski definition) is 1. The largest absolute Gasteiger partial charge is 0.295 e. The van der Waals surface area contributed by atoms with Gasteiger partial charge in [-0.1, -0.05) is 72.3 Å². The number of hydrogen-bond donors (Lipinski definition) is 0. The summed E-state index contributed by atoms with van der Waals surface area (Å²) in [6.45, 7) is 3.36. The van der Waals surface area contributed by atoms with Gasteiger partial charge in [0.15, 0.2) is 0 Å². The fourth-order valence-corrected chi connectivity index (χ4v) is 2.92. The zero-order chi connectivity index (χ0) is 14.3. The molecule has 0 aliphatic carbocycles. The molecule has 0 bridgehead atoms. The van der Waals surface area contributed by atoms with Crippen molar-refractivity contribution in [2.24, 2.45) is 0 Å². The summed E-state index contributed by atoms with van der Waals surface area (Å²) in [5.74, 6) is 0. The summed E-state index contributed by atoms with van der Waals surface area (Å²) >= 11 is 0. The van der Waals surface area contributed by atoms with Crippen LogP contribution in [0.15, 0.2) is 72.3 Å². The Balaban J connectivity index is 1.48. The Labute approximate surface area is 127 Å². The molecule has 0 atom stereocenters. The molecule has 0 fully saturated rings. The van der Waals surface area contributed by atoms with E-state index in [9.17, 15) is 0 Å². The SMILES string of the molecule is C1=C(CCc2ccccc2)CCN(Cc2ccccc2)C1. The zero-order valence-electron chi connectivity index (χ0n) is 12.5.